The van der Waals surface area contributed by atoms with Crippen LogP contribution in [0.2, 0.25) is 0 Å². The van der Waals surface area contributed by atoms with Crippen molar-refractivity contribution in [3.05, 3.63) is 95.7 Å². The van der Waals surface area contributed by atoms with E-state index in [0.29, 0.717) is 0 Å². The largest absolute Gasteiger partial charge is 0.497 e. The van der Waals surface area contributed by atoms with Crippen LogP contribution < -0.4 is 9.47 Å². The van der Waals surface area contributed by atoms with Gasteiger partial charge in [-0.3, -0.25) is 0 Å². The third-order valence-corrected chi connectivity index (χ3v) is 6.78. The van der Waals surface area contributed by atoms with Crippen molar-refractivity contribution in [1.82, 2.24) is 9.47 Å². The topological polar surface area (TPSA) is 26.6 Å². The van der Waals surface area contributed by atoms with Gasteiger partial charge in [0.05, 0.1) is 14.2 Å². The molecule has 4 rings (SSSR count). The fraction of sp³-hybridized carbons (Fsp3) is 0.312. The molecule has 188 valence electrons. The standard InChI is InChI=1S/C32H38N2O2/c1-6-28(30-23-34(22-10-9-21-33(2)3)31-12-8-7-11-29(30)31)32(24-13-17-26(35-4)18-14-24)25-15-19-27(36-5)20-16-25/h7-8,11-20,23H,6,9-10,21-22H2,1-5H3. The number of ether oxygens (including phenoxy) is 2. The summed E-state index contributed by atoms with van der Waals surface area (Å²) < 4.78 is 13.3. The highest BCUT2D eigenvalue weighted by atomic mass is 16.5. The Morgan fingerprint density at radius 2 is 1.36 bits per heavy atom. The number of rotatable bonds is 11. The second-order valence-corrected chi connectivity index (χ2v) is 9.43. The highest BCUT2D eigenvalue weighted by Crippen LogP contribution is 2.39. The van der Waals surface area contributed by atoms with E-state index in [9.17, 15) is 0 Å². The van der Waals surface area contributed by atoms with Gasteiger partial charge in [0.1, 0.15) is 11.5 Å². The predicted octanol–water partition coefficient (Wildman–Crippen LogP) is 7.37. The molecule has 1 heterocycles. The maximum atomic E-state index is 5.44. The Morgan fingerprint density at radius 1 is 0.778 bits per heavy atom. The zero-order valence-electron chi connectivity index (χ0n) is 22.3. The molecule has 0 atom stereocenters. The number of para-hydroxylation sites is 1. The molecule has 0 saturated carbocycles. The lowest BCUT2D eigenvalue weighted by atomic mass is 9.88. The van der Waals surface area contributed by atoms with Crippen molar-refractivity contribution in [3.8, 4) is 11.5 Å². The van der Waals surface area contributed by atoms with E-state index in [0.717, 1.165) is 37.4 Å². The lowest BCUT2D eigenvalue weighted by molar-refractivity contribution is 0.388. The summed E-state index contributed by atoms with van der Waals surface area (Å²) in [4.78, 5) is 2.26. The number of methoxy groups -OCH3 is 2. The number of fused-ring (bicyclic) bond motifs is 1. The molecule has 0 saturated heterocycles. The van der Waals surface area contributed by atoms with Gasteiger partial charge in [-0.25, -0.2) is 0 Å². The number of unbranched alkanes of at least 4 members (excludes halogenated alkanes) is 1. The van der Waals surface area contributed by atoms with Gasteiger partial charge in [0.25, 0.3) is 0 Å². The van der Waals surface area contributed by atoms with Gasteiger partial charge < -0.3 is 18.9 Å². The van der Waals surface area contributed by atoms with Crippen molar-refractivity contribution in [1.29, 1.82) is 0 Å². The minimum absolute atomic E-state index is 0.861. The van der Waals surface area contributed by atoms with E-state index in [1.54, 1.807) is 14.2 Å². The van der Waals surface area contributed by atoms with E-state index in [1.807, 2.05) is 24.3 Å². The van der Waals surface area contributed by atoms with Crippen LogP contribution >= 0.6 is 0 Å². The Balaban J connectivity index is 1.87. The molecule has 0 aliphatic heterocycles. The highest BCUT2D eigenvalue weighted by molar-refractivity contribution is 6.05. The summed E-state index contributed by atoms with van der Waals surface area (Å²) >= 11 is 0. The van der Waals surface area contributed by atoms with Crippen LogP contribution in [0.5, 0.6) is 11.5 Å². The molecule has 0 aliphatic carbocycles. The van der Waals surface area contributed by atoms with E-state index < -0.39 is 0 Å². The van der Waals surface area contributed by atoms with Crippen LogP contribution in [-0.2, 0) is 6.54 Å². The summed E-state index contributed by atoms with van der Waals surface area (Å²) in [6.07, 6.45) is 5.63. The van der Waals surface area contributed by atoms with Gasteiger partial charge in [-0.05, 0) is 92.5 Å². The Kier molecular flexibility index (Phi) is 8.50. The van der Waals surface area contributed by atoms with Gasteiger partial charge in [0, 0.05) is 29.2 Å². The van der Waals surface area contributed by atoms with E-state index >= 15 is 0 Å². The number of hydrogen-bond donors (Lipinski definition) is 0. The second-order valence-electron chi connectivity index (χ2n) is 9.43. The molecule has 0 unspecified atom stereocenters. The summed E-state index contributed by atoms with van der Waals surface area (Å²) in [6.45, 7) is 4.39. The molecule has 4 heteroatoms. The molecule has 4 aromatic rings. The van der Waals surface area contributed by atoms with Crippen LogP contribution in [0.1, 0.15) is 42.9 Å². The van der Waals surface area contributed by atoms with E-state index in [-0.39, 0.29) is 0 Å². The van der Waals surface area contributed by atoms with Crippen molar-refractivity contribution in [3.63, 3.8) is 0 Å². The Hall–Kier alpha value is -3.50. The van der Waals surface area contributed by atoms with Crippen molar-refractivity contribution in [2.45, 2.75) is 32.7 Å². The zero-order valence-corrected chi connectivity index (χ0v) is 22.3. The molecule has 36 heavy (non-hydrogen) atoms. The molecule has 0 bridgehead atoms. The van der Waals surface area contributed by atoms with Gasteiger partial charge in [0.15, 0.2) is 0 Å². The minimum atomic E-state index is 0.861. The van der Waals surface area contributed by atoms with Crippen LogP contribution in [0.15, 0.2) is 79.0 Å². The summed E-state index contributed by atoms with van der Waals surface area (Å²) in [6, 6.07) is 25.6. The van der Waals surface area contributed by atoms with Gasteiger partial charge in [0.2, 0.25) is 0 Å². The molecule has 0 N–H and O–H groups in total. The fourth-order valence-electron chi connectivity index (χ4n) is 4.91. The first-order chi connectivity index (χ1) is 17.5. The maximum Gasteiger partial charge on any atom is 0.118 e. The summed E-state index contributed by atoms with van der Waals surface area (Å²) in [7, 11) is 7.70. The molecule has 1 aromatic heterocycles. The third-order valence-electron chi connectivity index (χ3n) is 6.78. The van der Waals surface area contributed by atoms with Crippen molar-refractivity contribution >= 4 is 22.0 Å². The van der Waals surface area contributed by atoms with Crippen LogP contribution in [-0.4, -0.2) is 44.3 Å². The molecule has 0 spiro atoms. The summed E-state index contributed by atoms with van der Waals surface area (Å²) in [5.41, 5.74) is 7.56. The molecule has 4 nitrogen and oxygen atoms in total. The lowest BCUT2D eigenvalue weighted by Crippen LogP contribution is -2.13. The van der Waals surface area contributed by atoms with E-state index in [2.05, 4.69) is 85.2 Å². The molecule has 0 amide bonds. The van der Waals surface area contributed by atoms with Crippen molar-refractivity contribution in [2.24, 2.45) is 0 Å². The van der Waals surface area contributed by atoms with Crippen LogP contribution in [0, 0.1) is 0 Å². The van der Waals surface area contributed by atoms with Crippen LogP contribution in [0.3, 0.4) is 0 Å². The Labute approximate surface area is 215 Å². The lowest BCUT2D eigenvalue weighted by Gasteiger charge is -2.16. The van der Waals surface area contributed by atoms with Crippen LogP contribution in [0.25, 0.3) is 22.0 Å². The molecule has 0 aliphatic rings. The normalized spacial score (nSPS) is 11.2. The number of allylic oxidation sites excluding steroid dienone is 1. The zero-order chi connectivity index (χ0) is 25.5. The first-order valence-electron chi connectivity index (χ1n) is 12.8. The average Bonchev–Trinajstić information content (AvgIpc) is 3.28. The third kappa shape index (κ3) is 5.66. The average molecular weight is 483 g/mol. The van der Waals surface area contributed by atoms with Gasteiger partial charge in [-0.1, -0.05) is 49.4 Å². The molecular formula is C32H38N2O2. The van der Waals surface area contributed by atoms with Gasteiger partial charge >= 0.3 is 0 Å². The van der Waals surface area contributed by atoms with Crippen molar-refractivity contribution in [2.75, 3.05) is 34.9 Å². The SMILES string of the molecule is CCC(=C(c1ccc(OC)cc1)c1ccc(OC)cc1)c1cn(CCCCN(C)C)c2ccccc12. The molecular weight excluding hydrogens is 444 g/mol. The maximum absolute atomic E-state index is 5.44. The molecule has 0 fully saturated rings. The van der Waals surface area contributed by atoms with Gasteiger partial charge in [-0.15, -0.1) is 0 Å². The number of benzene rings is 3. The monoisotopic (exact) mass is 482 g/mol. The minimum Gasteiger partial charge on any atom is -0.497 e. The number of aryl methyl sites for hydroxylation is 1. The number of nitrogens with zero attached hydrogens (tertiary/aromatic N) is 2. The predicted molar refractivity (Wildman–Crippen MR) is 152 cm³/mol. The van der Waals surface area contributed by atoms with E-state index in [1.165, 1.54) is 45.2 Å². The quantitative estimate of drug-likeness (QED) is 0.209. The second kappa shape index (κ2) is 12.0. The first-order valence-corrected chi connectivity index (χ1v) is 12.8. The molecule has 3 aromatic carbocycles. The number of aromatic nitrogens is 1. The first kappa shape index (κ1) is 25.6. The Bertz CT molecular complexity index is 1250. The summed E-state index contributed by atoms with van der Waals surface area (Å²) in [5, 5.41) is 1.31. The fourth-order valence-corrected chi connectivity index (χ4v) is 4.91. The highest BCUT2D eigenvalue weighted by Gasteiger charge is 2.18. The Morgan fingerprint density at radius 3 is 1.89 bits per heavy atom. The number of hydrogen-bond acceptors (Lipinski definition) is 3. The van der Waals surface area contributed by atoms with E-state index in [4.69, 9.17) is 9.47 Å². The smallest absolute Gasteiger partial charge is 0.118 e. The summed E-state index contributed by atoms with van der Waals surface area (Å²) in [5.74, 6) is 1.72. The van der Waals surface area contributed by atoms with Gasteiger partial charge in [-0.2, -0.15) is 0 Å². The molecule has 0 radical (unpaired) electrons. The van der Waals surface area contributed by atoms with Crippen LogP contribution in [0.4, 0.5) is 0 Å². The van der Waals surface area contributed by atoms with Crippen molar-refractivity contribution < 1.29 is 9.47 Å².